The average Bonchev–Trinajstić information content (AvgIpc) is 3.81. The quantitative estimate of drug-likeness (QED) is 0.152. The van der Waals surface area contributed by atoms with Crippen molar-refractivity contribution in [1.29, 1.82) is 0 Å². The minimum absolute atomic E-state index is 0.204. The number of benzene rings is 5. The molecule has 0 unspecified atom stereocenters. The number of hydrogen-bond donors (Lipinski definition) is 0. The van der Waals surface area contributed by atoms with E-state index in [-0.39, 0.29) is 11.4 Å². The Bertz CT molecular complexity index is 3350. The fourth-order valence-electron chi connectivity index (χ4n) is 8.09. The summed E-state index contributed by atoms with van der Waals surface area (Å²) in [5.74, 6) is 1.01. The Morgan fingerprint density at radius 1 is 0.274 bits per heavy atom. The Labute approximate surface area is 354 Å². The number of rotatable bonds is 8. The SMILES string of the molecule is O=c1n(-c2ccccc2)c2ccccc2n1-c1cccc(-c2cccc(-c3cccc(-c4cccc(-c5cccc(-n6c(=O)n(-c7ccccc7)c7ccccc76)n5)n4)c3)n2)n1. The van der Waals surface area contributed by atoms with E-state index < -0.39 is 0 Å². The van der Waals surface area contributed by atoms with E-state index in [1.807, 2.05) is 200 Å². The third-order valence-electron chi connectivity index (χ3n) is 10.9. The van der Waals surface area contributed by atoms with Crippen molar-refractivity contribution in [3.8, 4) is 68.3 Å². The Balaban J connectivity index is 0.915. The normalized spacial score (nSPS) is 11.4. The van der Waals surface area contributed by atoms with Gasteiger partial charge < -0.3 is 0 Å². The van der Waals surface area contributed by atoms with Crippen LogP contribution in [0.15, 0.2) is 216 Å². The minimum Gasteiger partial charge on any atom is -0.260 e. The van der Waals surface area contributed by atoms with Gasteiger partial charge in [0.1, 0.15) is 11.6 Å². The van der Waals surface area contributed by atoms with Crippen molar-refractivity contribution in [2.24, 2.45) is 0 Å². The third-order valence-corrected chi connectivity index (χ3v) is 10.9. The van der Waals surface area contributed by atoms with Gasteiger partial charge in [-0.3, -0.25) is 9.13 Å². The van der Waals surface area contributed by atoms with Gasteiger partial charge in [0.2, 0.25) is 0 Å². The lowest BCUT2D eigenvalue weighted by atomic mass is 10.0. The third kappa shape index (κ3) is 6.30. The molecule has 5 aromatic carbocycles. The summed E-state index contributed by atoms with van der Waals surface area (Å²) in [7, 11) is 0. The molecule has 0 saturated heterocycles. The molecular weight excluding hydrogens is 769 g/mol. The number of imidazole rings is 2. The molecule has 0 aliphatic heterocycles. The minimum atomic E-state index is -0.204. The van der Waals surface area contributed by atoms with Crippen LogP contribution < -0.4 is 11.4 Å². The highest BCUT2D eigenvalue weighted by molar-refractivity contribution is 5.81. The summed E-state index contributed by atoms with van der Waals surface area (Å²) in [6.07, 6.45) is 0. The number of aromatic nitrogens is 8. The Hall–Kier alpha value is -8.76. The summed E-state index contributed by atoms with van der Waals surface area (Å²) in [5, 5.41) is 0. The highest BCUT2D eigenvalue weighted by atomic mass is 16.2. The van der Waals surface area contributed by atoms with Crippen molar-refractivity contribution in [3.63, 3.8) is 0 Å². The maximum absolute atomic E-state index is 14.1. The molecule has 0 bridgehead atoms. The van der Waals surface area contributed by atoms with E-state index in [1.165, 1.54) is 0 Å². The van der Waals surface area contributed by atoms with Gasteiger partial charge in [0.25, 0.3) is 0 Å². The molecule has 0 N–H and O–H groups in total. The molecule has 0 saturated carbocycles. The summed E-state index contributed by atoms with van der Waals surface area (Å²) < 4.78 is 6.72. The van der Waals surface area contributed by atoms with Crippen LogP contribution in [0.25, 0.3) is 90.4 Å². The summed E-state index contributed by atoms with van der Waals surface area (Å²) >= 11 is 0. The van der Waals surface area contributed by atoms with Crippen LogP contribution in [0.1, 0.15) is 0 Å². The first-order valence-corrected chi connectivity index (χ1v) is 20.2. The second-order valence-corrected chi connectivity index (χ2v) is 14.7. The van der Waals surface area contributed by atoms with Crippen LogP contribution in [0.2, 0.25) is 0 Å². The molecule has 10 nitrogen and oxygen atoms in total. The van der Waals surface area contributed by atoms with Gasteiger partial charge in [-0.2, -0.15) is 0 Å². The van der Waals surface area contributed by atoms with E-state index >= 15 is 0 Å². The maximum Gasteiger partial charge on any atom is 0.339 e. The van der Waals surface area contributed by atoms with Crippen molar-refractivity contribution in [3.05, 3.63) is 227 Å². The Morgan fingerprint density at radius 2 is 0.597 bits per heavy atom. The van der Waals surface area contributed by atoms with Crippen molar-refractivity contribution in [2.75, 3.05) is 0 Å². The number of pyridine rings is 4. The smallest absolute Gasteiger partial charge is 0.260 e. The van der Waals surface area contributed by atoms with Crippen LogP contribution in [0.3, 0.4) is 0 Å². The lowest BCUT2D eigenvalue weighted by molar-refractivity contribution is 0.905. The molecule has 0 amide bonds. The summed E-state index contributed by atoms with van der Waals surface area (Å²) in [6, 6.07) is 65.9. The molecule has 6 aromatic heterocycles. The fourth-order valence-corrected chi connectivity index (χ4v) is 8.09. The van der Waals surface area contributed by atoms with E-state index in [0.29, 0.717) is 34.4 Å². The van der Waals surface area contributed by atoms with Crippen molar-refractivity contribution in [2.45, 2.75) is 0 Å². The number of para-hydroxylation sites is 6. The second kappa shape index (κ2) is 15.1. The van der Waals surface area contributed by atoms with Crippen LogP contribution in [0, 0.1) is 0 Å². The van der Waals surface area contributed by atoms with Crippen LogP contribution in [0.5, 0.6) is 0 Å². The maximum atomic E-state index is 14.1. The summed E-state index contributed by atoms with van der Waals surface area (Å²) in [4.78, 5) is 48.2. The van der Waals surface area contributed by atoms with E-state index in [2.05, 4.69) is 6.07 Å². The molecule has 294 valence electrons. The largest absolute Gasteiger partial charge is 0.339 e. The molecule has 0 fully saturated rings. The monoisotopic (exact) mass is 802 g/mol. The second-order valence-electron chi connectivity index (χ2n) is 14.7. The molecule has 0 spiro atoms. The van der Waals surface area contributed by atoms with E-state index in [1.54, 1.807) is 18.3 Å². The average molecular weight is 803 g/mol. The van der Waals surface area contributed by atoms with Gasteiger partial charge in [0.05, 0.1) is 67.6 Å². The summed E-state index contributed by atoms with van der Waals surface area (Å²) in [6.45, 7) is 0. The first kappa shape index (κ1) is 36.3. The Kier molecular flexibility index (Phi) is 8.86. The van der Waals surface area contributed by atoms with Gasteiger partial charge in [0.15, 0.2) is 0 Å². The van der Waals surface area contributed by atoms with Crippen molar-refractivity contribution >= 4 is 22.1 Å². The number of fused-ring (bicyclic) bond motifs is 2. The molecule has 6 heterocycles. The van der Waals surface area contributed by atoms with Crippen molar-refractivity contribution < 1.29 is 0 Å². The zero-order valence-corrected chi connectivity index (χ0v) is 33.0. The fraction of sp³-hybridized carbons (Fsp3) is 0. The Morgan fingerprint density at radius 3 is 1.02 bits per heavy atom. The zero-order chi connectivity index (χ0) is 41.6. The van der Waals surface area contributed by atoms with E-state index in [9.17, 15) is 9.59 Å². The molecule has 0 aliphatic carbocycles. The molecule has 0 radical (unpaired) electrons. The highest BCUT2D eigenvalue weighted by Crippen LogP contribution is 2.29. The topological polar surface area (TPSA) is 105 Å². The van der Waals surface area contributed by atoms with E-state index in [0.717, 1.165) is 56.0 Å². The molecule has 0 aliphatic rings. The van der Waals surface area contributed by atoms with Crippen molar-refractivity contribution in [1.82, 2.24) is 38.2 Å². The lowest BCUT2D eigenvalue weighted by Crippen LogP contribution is -2.22. The molecule has 11 rings (SSSR count). The van der Waals surface area contributed by atoms with E-state index in [4.69, 9.17) is 19.9 Å². The molecule has 0 atom stereocenters. The standard InChI is InChI=1S/C52H34N8O2/c61-51-57(37-18-3-1-4-19-37)45-28-7-9-30-47(45)59(51)49-32-14-26-43(55-49)41-24-12-22-39(53-41)35-16-11-17-36(34-35)40-23-13-25-42(54-40)44-27-15-33-50(56-44)60-48-31-10-8-29-46(48)58(52(60)62)38-20-5-2-6-21-38/h1-34H. The summed E-state index contributed by atoms with van der Waals surface area (Å²) in [5.41, 5.74) is 10.2. The van der Waals surface area contributed by atoms with Gasteiger partial charge in [-0.1, -0.05) is 103 Å². The molecule has 11 aromatic rings. The predicted octanol–water partition coefficient (Wildman–Crippen LogP) is 10.1. The predicted molar refractivity (Wildman–Crippen MR) is 244 cm³/mol. The van der Waals surface area contributed by atoms with Gasteiger partial charge >= 0.3 is 11.4 Å². The number of hydrogen-bond acceptors (Lipinski definition) is 6. The van der Waals surface area contributed by atoms with Crippen LogP contribution in [-0.2, 0) is 0 Å². The first-order valence-electron chi connectivity index (χ1n) is 20.2. The first-order chi connectivity index (χ1) is 30.6. The van der Waals surface area contributed by atoms with Gasteiger partial charge in [-0.25, -0.2) is 38.7 Å². The number of nitrogens with zero attached hydrogens (tertiary/aromatic N) is 8. The van der Waals surface area contributed by atoms with Crippen LogP contribution in [-0.4, -0.2) is 38.2 Å². The zero-order valence-electron chi connectivity index (χ0n) is 33.0. The molecule has 10 heteroatoms. The molecule has 62 heavy (non-hydrogen) atoms. The van der Waals surface area contributed by atoms with Gasteiger partial charge in [0, 0.05) is 11.1 Å². The van der Waals surface area contributed by atoms with Gasteiger partial charge in [-0.05, 0) is 103 Å². The van der Waals surface area contributed by atoms with Gasteiger partial charge in [-0.15, -0.1) is 0 Å². The lowest BCUT2D eigenvalue weighted by Gasteiger charge is -2.10. The highest BCUT2D eigenvalue weighted by Gasteiger charge is 2.19. The van der Waals surface area contributed by atoms with Crippen LogP contribution >= 0.6 is 0 Å². The molecular formula is C52H34N8O2. The van der Waals surface area contributed by atoms with Crippen LogP contribution in [0.4, 0.5) is 0 Å².